The zero-order valence-electron chi connectivity index (χ0n) is 14.7. The van der Waals surface area contributed by atoms with Crippen LogP contribution in [0, 0.1) is 0 Å². The number of aromatic nitrogens is 1. The molecule has 1 aliphatic heterocycles. The fourth-order valence-electron chi connectivity index (χ4n) is 3.18. The number of aliphatic imine (C=N–C) groups is 1. The van der Waals surface area contributed by atoms with Crippen molar-refractivity contribution in [3.63, 3.8) is 0 Å². The minimum Gasteiger partial charge on any atom is -0.468 e. The van der Waals surface area contributed by atoms with Crippen molar-refractivity contribution in [1.29, 1.82) is 0 Å². The van der Waals surface area contributed by atoms with Gasteiger partial charge in [0, 0.05) is 39.1 Å². The number of guanidine groups is 1. The Kier molecular flexibility index (Phi) is 8.33. The molecule has 138 valence electrons. The molecular formula is C18H28IN5O. The number of furan rings is 1. The van der Waals surface area contributed by atoms with E-state index in [0.29, 0.717) is 0 Å². The second-order valence-corrected chi connectivity index (χ2v) is 6.08. The Labute approximate surface area is 166 Å². The molecule has 1 unspecified atom stereocenters. The molecule has 25 heavy (non-hydrogen) atoms. The van der Waals surface area contributed by atoms with Crippen molar-refractivity contribution < 1.29 is 4.42 Å². The summed E-state index contributed by atoms with van der Waals surface area (Å²) in [6.45, 7) is 4.81. The van der Waals surface area contributed by atoms with Crippen LogP contribution >= 0.6 is 24.0 Å². The first-order valence-electron chi connectivity index (χ1n) is 8.69. The van der Waals surface area contributed by atoms with Gasteiger partial charge in [0.2, 0.25) is 0 Å². The lowest BCUT2D eigenvalue weighted by Crippen LogP contribution is -2.43. The van der Waals surface area contributed by atoms with Gasteiger partial charge in [0.05, 0.1) is 12.3 Å². The molecule has 1 aliphatic rings. The van der Waals surface area contributed by atoms with E-state index in [1.165, 1.54) is 12.8 Å². The third-order valence-corrected chi connectivity index (χ3v) is 4.47. The lowest BCUT2D eigenvalue weighted by Gasteiger charge is -2.26. The van der Waals surface area contributed by atoms with Crippen LogP contribution in [0.15, 0.2) is 52.3 Å². The molecule has 3 rings (SSSR count). The monoisotopic (exact) mass is 457 g/mol. The number of halogens is 1. The van der Waals surface area contributed by atoms with E-state index in [-0.39, 0.29) is 30.0 Å². The van der Waals surface area contributed by atoms with Gasteiger partial charge in [-0.2, -0.15) is 0 Å². The van der Waals surface area contributed by atoms with Gasteiger partial charge in [0.1, 0.15) is 5.76 Å². The van der Waals surface area contributed by atoms with Crippen molar-refractivity contribution in [2.45, 2.75) is 25.4 Å². The molecule has 0 spiro atoms. The minimum absolute atomic E-state index is 0. The number of hydrogen-bond acceptors (Lipinski definition) is 3. The Bertz CT molecular complexity index is 605. The molecular weight excluding hydrogens is 429 g/mol. The summed E-state index contributed by atoms with van der Waals surface area (Å²) in [7, 11) is 1.81. The van der Waals surface area contributed by atoms with Crippen molar-refractivity contribution in [3.8, 4) is 0 Å². The lowest BCUT2D eigenvalue weighted by molar-refractivity contribution is 0.215. The summed E-state index contributed by atoms with van der Waals surface area (Å²) in [5, 5.41) is 6.81. The maximum absolute atomic E-state index is 5.66. The Morgan fingerprint density at radius 1 is 1.20 bits per heavy atom. The fraction of sp³-hybridized carbons (Fsp3) is 0.500. The number of rotatable bonds is 7. The van der Waals surface area contributed by atoms with Gasteiger partial charge >= 0.3 is 0 Å². The van der Waals surface area contributed by atoms with E-state index >= 15 is 0 Å². The number of nitrogens with zero attached hydrogens (tertiary/aromatic N) is 3. The summed E-state index contributed by atoms with van der Waals surface area (Å²) in [4.78, 5) is 6.81. The van der Waals surface area contributed by atoms with Crippen LogP contribution in [0.3, 0.4) is 0 Å². The van der Waals surface area contributed by atoms with Crippen molar-refractivity contribution in [2.24, 2.45) is 4.99 Å². The quantitative estimate of drug-likeness (QED) is 0.382. The SMILES string of the molecule is CN=C(NCCn1cccc1)NCC(c1ccco1)N1CCCC1.I. The van der Waals surface area contributed by atoms with Crippen LogP contribution in [-0.2, 0) is 6.54 Å². The predicted molar refractivity (Wildman–Crippen MR) is 111 cm³/mol. The molecule has 1 fully saturated rings. The molecule has 0 aromatic carbocycles. The summed E-state index contributed by atoms with van der Waals surface area (Å²) >= 11 is 0. The van der Waals surface area contributed by atoms with E-state index in [0.717, 1.165) is 44.4 Å². The molecule has 0 radical (unpaired) electrons. The maximum atomic E-state index is 5.66. The topological polar surface area (TPSA) is 57.7 Å². The zero-order valence-corrected chi connectivity index (χ0v) is 17.1. The minimum atomic E-state index is 0. The van der Waals surface area contributed by atoms with E-state index in [4.69, 9.17) is 4.42 Å². The van der Waals surface area contributed by atoms with E-state index in [9.17, 15) is 0 Å². The third-order valence-electron chi connectivity index (χ3n) is 4.47. The van der Waals surface area contributed by atoms with Crippen LogP contribution in [0.25, 0.3) is 0 Å². The Morgan fingerprint density at radius 3 is 2.60 bits per heavy atom. The molecule has 0 bridgehead atoms. The predicted octanol–water partition coefficient (Wildman–Crippen LogP) is 2.70. The lowest BCUT2D eigenvalue weighted by atomic mass is 10.2. The van der Waals surface area contributed by atoms with Crippen LogP contribution in [0.5, 0.6) is 0 Å². The van der Waals surface area contributed by atoms with Gasteiger partial charge < -0.3 is 19.6 Å². The second-order valence-electron chi connectivity index (χ2n) is 6.08. The average molecular weight is 457 g/mol. The second kappa shape index (κ2) is 10.5. The van der Waals surface area contributed by atoms with Crippen molar-refractivity contribution >= 4 is 29.9 Å². The Balaban J connectivity index is 0.00000225. The van der Waals surface area contributed by atoms with Crippen molar-refractivity contribution in [2.75, 3.05) is 33.2 Å². The highest BCUT2D eigenvalue weighted by atomic mass is 127. The Morgan fingerprint density at radius 2 is 1.96 bits per heavy atom. The van der Waals surface area contributed by atoms with Gasteiger partial charge in [0.25, 0.3) is 0 Å². The van der Waals surface area contributed by atoms with E-state index in [2.05, 4.69) is 43.6 Å². The van der Waals surface area contributed by atoms with Crippen LogP contribution in [-0.4, -0.2) is 48.7 Å². The summed E-state index contributed by atoms with van der Waals surface area (Å²) in [5.41, 5.74) is 0. The Hall–Kier alpha value is -1.48. The standard InChI is InChI=1S/C18H27N5O.HI/c1-19-18(20-8-13-22-9-2-3-10-22)21-15-16(17-7-6-14-24-17)23-11-4-5-12-23;/h2-3,6-7,9-10,14,16H,4-5,8,11-13,15H2,1H3,(H2,19,20,21);1H. The van der Waals surface area contributed by atoms with Gasteiger partial charge in [-0.3, -0.25) is 9.89 Å². The molecule has 1 atom stereocenters. The summed E-state index contributed by atoms with van der Waals surface area (Å²) in [6, 6.07) is 8.36. The maximum Gasteiger partial charge on any atom is 0.191 e. The molecule has 2 aromatic heterocycles. The molecule has 0 saturated carbocycles. The largest absolute Gasteiger partial charge is 0.468 e. The highest BCUT2D eigenvalue weighted by Crippen LogP contribution is 2.24. The van der Waals surface area contributed by atoms with E-state index < -0.39 is 0 Å². The zero-order chi connectivity index (χ0) is 16.6. The molecule has 3 heterocycles. The van der Waals surface area contributed by atoms with Gasteiger partial charge in [0.15, 0.2) is 5.96 Å². The van der Waals surface area contributed by atoms with Crippen LogP contribution in [0.4, 0.5) is 0 Å². The van der Waals surface area contributed by atoms with Gasteiger partial charge in [-0.1, -0.05) is 0 Å². The van der Waals surface area contributed by atoms with Crippen LogP contribution in [0.2, 0.25) is 0 Å². The molecule has 1 saturated heterocycles. The van der Waals surface area contributed by atoms with Crippen LogP contribution < -0.4 is 10.6 Å². The first-order valence-corrected chi connectivity index (χ1v) is 8.69. The van der Waals surface area contributed by atoms with Gasteiger partial charge in [-0.15, -0.1) is 24.0 Å². The smallest absolute Gasteiger partial charge is 0.191 e. The first-order chi connectivity index (χ1) is 11.9. The molecule has 2 aromatic rings. The first kappa shape index (κ1) is 19.8. The van der Waals surface area contributed by atoms with Crippen molar-refractivity contribution in [3.05, 3.63) is 48.7 Å². The molecule has 0 amide bonds. The van der Waals surface area contributed by atoms with Crippen LogP contribution in [0.1, 0.15) is 24.6 Å². The average Bonchev–Trinajstić information content (AvgIpc) is 3.35. The number of nitrogens with one attached hydrogen (secondary N) is 2. The summed E-state index contributed by atoms with van der Waals surface area (Å²) in [6.07, 6.45) is 8.42. The van der Waals surface area contributed by atoms with Gasteiger partial charge in [-0.25, -0.2) is 0 Å². The third kappa shape index (κ3) is 5.78. The summed E-state index contributed by atoms with van der Waals surface area (Å²) < 4.78 is 7.81. The van der Waals surface area contributed by atoms with E-state index in [1.54, 1.807) is 6.26 Å². The highest BCUT2D eigenvalue weighted by Gasteiger charge is 2.25. The highest BCUT2D eigenvalue weighted by molar-refractivity contribution is 14.0. The van der Waals surface area contributed by atoms with E-state index in [1.807, 2.05) is 25.2 Å². The number of hydrogen-bond donors (Lipinski definition) is 2. The molecule has 6 nitrogen and oxygen atoms in total. The van der Waals surface area contributed by atoms with Gasteiger partial charge in [-0.05, 0) is 50.2 Å². The normalized spacial score (nSPS) is 16.4. The molecule has 2 N–H and O–H groups in total. The van der Waals surface area contributed by atoms with Crippen molar-refractivity contribution in [1.82, 2.24) is 20.1 Å². The molecule has 0 aliphatic carbocycles. The number of likely N-dealkylation sites (tertiary alicyclic amines) is 1. The fourth-order valence-corrected chi connectivity index (χ4v) is 3.18. The molecule has 7 heteroatoms. The summed E-state index contributed by atoms with van der Waals surface area (Å²) in [5.74, 6) is 1.85.